The Bertz CT molecular complexity index is 1950. The van der Waals surface area contributed by atoms with Gasteiger partial charge in [0.1, 0.15) is 5.82 Å². The van der Waals surface area contributed by atoms with Gasteiger partial charge in [-0.25, -0.2) is 19.1 Å². The largest absolute Gasteiger partial charge is 0.337 e. The number of halogens is 2. The number of nitro groups is 1. The van der Waals surface area contributed by atoms with Crippen molar-refractivity contribution in [3.63, 3.8) is 0 Å². The summed E-state index contributed by atoms with van der Waals surface area (Å²) in [6.07, 6.45) is 0. The molecule has 3 heterocycles. The van der Waals surface area contributed by atoms with Gasteiger partial charge in [-0.1, -0.05) is 54.1 Å². The van der Waals surface area contributed by atoms with E-state index in [1.54, 1.807) is 22.9 Å². The monoisotopic (exact) mass is 577 g/mol. The summed E-state index contributed by atoms with van der Waals surface area (Å²) < 4.78 is 15.7. The molecule has 1 N–H and O–H groups in total. The van der Waals surface area contributed by atoms with E-state index in [0.717, 1.165) is 22.6 Å². The molecule has 9 nitrogen and oxygen atoms in total. The summed E-state index contributed by atoms with van der Waals surface area (Å²) in [7, 11) is 0. The fourth-order valence-corrected chi connectivity index (χ4v) is 5.56. The van der Waals surface area contributed by atoms with Gasteiger partial charge in [0.05, 0.1) is 38.7 Å². The van der Waals surface area contributed by atoms with E-state index in [0.29, 0.717) is 34.4 Å². The van der Waals surface area contributed by atoms with Crippen molar-refractivity contribution >= 4 is 51.8 Å². The number of amidine groups is 2. The van der Waals surface area contributed by atoms with E-state index in [9.17, 15) is 14.5 Å². The van der Waals surface area contributed by atoms with Gasteiger partial charge in [-0.15, -0.1) is 0 Å². The number of aryl methyl sites for hydroxylation is 1. The predicted octanol–water partition coefficient (Wildman–Crippen LogP) is 7.68. The molecule has 1 unspecified atom stereocenters. The third-order valence-corrected chi connectivity index (χ3v) is 7.51. The highest BCUT2D eigenvalue weighted by Gasteiger charge is 2.41. The van der Waals surface area contributed by atoms with Crippen LogP contribution in [0.4, 0.5) is 33.0 Å². The Hall–Kier alpha value is -5.35. The molecule has 0 amide bonds. The molecule has 0 aliphatic carbocycles. The molecule has 2 aliphatic heterocycles. The average Bonchev–Trinajstić information content (AvgIpc) is 3.34. The maximum Gasteiger partial charge on any atom is 0.269 e. The van der Waals surface area contributed by atoms with Crippen molar-refractivity contribution in [3.05, 3.63) is 135 Å². The topological polar surface area (TPSA) is 101 Å². The van der Waals surface area contributed by atoms with Gasteiger partial charge < -0.3 is 10.2 Å². The zero-order chi connectivity index (χ0) is 29.0. The molecule has 0 saturated heterocycles. The van der Waals surface area contributed by atoms with E-state index in [1.807, 2.05) is 72.5 Å². The van der Waals surface area contributed by atoms with E-state index in [4.69, 9.17) is 26.7 Å². The maximum atomic E-state index is 14.0. The van der Waals surface area contributed by atoms with Crippen molar-refractivity contribution in [1.29, 1.82) is 0 Å². The summed E-state index contributed by atoms with van der Waals surface area (Å²) in [5, 5.41) is 19.9. The molecule has 5 aromatic rings. The van der Waals surface area contributed by atoms with Gasteiger partial charge in [0.2, 0.25) is 0 Å². The quantitative estimate of drug-likeness (QED) is 0.174. The van der Waals surface area contributed by atoms with Crippen LogP contribution in [0.25, 0.3) is 5.69 Å². The molecule has 11 heteroatoms. The number of benzene rings is 4. The number of para-hydroxylation sites is 3. The first kappa shape index (κ1) is 25.6. The lowest BCUT2D eigenvalue weighted by atomic mass is 9.93. The van der Waals surface area contributed by atoms with E-state index in [2.05, 4.69) is 5.32 Å². The lowest BCUT2D eigenvalue weighted by Crippen LogP contribution is -2.46. The number of fused-ring (bicyclic) bond motifs is 4. The number of hydrogen-bond donors (Lipinski definition) is 1. The van der Waals surface area contributed by atoms with E-state index >= 15 is 0 Å². The van der Waals surface area contributed by atoms with Crippen LogP contribution in [-0.2, 0) is 0 Å². The number of aliphatic imine (C=N–C) groups is 2. The summed E-state index contributed by atoms with van der Waals surface area (Å²) in [5.41, 5.74) is 4.97. The lowest BCUT2D eigenvalue weighted by Gasteiger charge is -2.40. The second-order valence-corrected chi connectivity index (χ2v) is 10.2. The van der Waals surface area contributed by atoms with Gasteiger partial charge >= 0.3 is 0 Å². The molecule has 4 aromatic carbocycles. The first-order valence-corrected chi connectivity index (χ1v) is 13.4. The third-order valence-electron chi connectivity index (χ3n) is 7.22. The van der Waals surface area contributed by atoms with Crippen LogP contribution in [0.3, 0.4) is 0 Å². The first-order chi connectivity index (χ1) is 20.4. The minimum absolute atomic E-state index is 0.0236. The summed E-state index contributed by atoms with van der Waals surface area (Å²) in [6, 6.07) is 27.6. The number of aromatic nitrogens is 2. The fourth-order valence-electron chi connectivity index (χ4n) is 5.38. The van der Waals surface area contributed by atoms with E-state index in [1.165, 1.54) is 18.2 Å². The molecule has 1 aromatic heterocycles. The van der Waals surface area contributed by atoms with Crippen molar-refractivity contribution in [2.45, 2.75) is 13.0 Å². The Morgan fingerprint density at radius 1 is 0.952 bits per heavy atom. The highest BCUT2D eigenvalue weighted by Crippen LogP contribution is 2.48. The molecule has 1 atom stereocenters. The molecule has 42 heavy (non-hydrogen) atoms. The number of non-ortho nitro benzene ring substituents is 1. The second kappa shape index (κ2) is 9.93. The molecule has 0 bridgehead atoms. The fraction of sp³-hybridized carbons (Fsp3) is 0.0645. The van der Waals surface area contributed by atoms with Crippen LogP contribution in [0.15, 0.2) is 107 Å². The van der Waals surface area contributed by atoms with Crippen LogP contribution in [-0.4, -0.2) is 26.4 Å². The predicted molar refractivity (Wildman–Crippen MR) is 161 cm³/mol. The van der Waals surface area contributed by atoms with Crippen LogP contribution < -0.4 is 10.2 Å². The summed E-state index contributed by atoms with van der Waals surface area (Å²) >= 11 is 6.09. The van der Waals surface area contributed by atoms with Gasteiger partial charge in [-0.05, 0) is 55.0 Å². The van der Waals surface area contributed by atoms with Crippen LogP contribution in [0.2, 0.25) is 5.02 Å². The van der Waals surface area contributed by atoms with Gasteiger partial charge in [0.15, 0.2) is 17.5 Å². The number of hydrogen-bond acceptors (Lipinski definition) is 7. The molecular weight excluding hydrogens is 557 g/mol. The molecule has 0 saturated carbocycles. The minimum Gasteiger partial charge on any atom is -0.337 e. The van der Waals surface area contributed by atoms with Crippen LogP contribution in [0.5, 0.6) is 0 Å². The van der Waals surface area contributed by atoms with Crippen molar-refractivity contribution in [1.82, 2.24) is 9.78 Å². The highest BCUT2D eigenvalue weighted by atomic mass is 35.5. The van der Waals surface area contributed by atoms with Gasteiger partial charge in [0.25, 0.3) is 5.69 Å². The van der Waals surface area contributed by atoms with Crippen molar-refractivity contribution in [2.24, 2.45) is 9.98 Å². The van der Waals surface area contributed by atoms with Crippen molar-refractivity contribution in [3.8, 4) is 5.69 Å². The van der Waals surface area contributed by atoms with E-state index in [-0.39, 0.29) is 10.7 Å². The van der Waals surface area contributed by atoms with Gasteiger partial charge in [-0.3, -0.25) is 10.1 Å². The molecule has 0 spiro atoms. The maximum absolute atomic E-state index is 14.0. The number of nitrogens with one attached hydrogen (secondary N) is 1. The average molecular weight is 578 g/mol. The number of nitrogens with zero attached hydrogens (tertiary/aromatic N) is 6. The van der Waals surface area contributed by atoms with Crippen LogP contribution >= 0.6 is 11.6 Å². The SMILES string of the molecule is Cc1nn(-c2ccccc2)c2c1C(c1cccc([N+](=O)[O-])c1)N1C(=N2)C(Nc2ccc(F)c(Cl)c2)=Nc2ccccc21. The number of rotatable bonds is 4. The second-order valence-electron chi connectivity index (χ2n) is 9.83. The first-order valence-electron chi connectivity index (χ1n) is 13.1. The van der Waals surface area contributed by atoms with Crippen LogP contribution in [0.1, 0.15) is 22.9 Å². The Labute approximate surface area is 244 Å². The third kappa shape index (κ3) is 4.20. The van der Waals surface area contributed by atoms with E-state index < -0.39 is 16.8 Å². The standard InChI is InChI=1S/C31H21ClFN7O2/c1-18-27-28(19-8-7-11-22(16-19)40(41)42)38-26-13-6-5-12-25(26)35-29(34-20-14-15-24(33)23(32)17-20)31(38)36-30(27)39(37-18)21-9-3-2-4-10-21/h2-17,28H,1H3,(H,34,35). The molecule has 0 fully saturated rings. The Balaban J connectivity index is 1.50. The Kier molecular flexibility index (Phi) is 6.05. The highest BCUT2D eigenvalue weighted by molar-refractivity contribution is 6.51. The number of anilines is 2. The van der Waals surface area contributed by atoms with Gasteiger partial charge in [-0.2, -0.15) is 5.10 Å². The smallest absolute Gasteiger partial charge is 0.269 e. The van der Waals surface area contributed by atoms with Crippen molar-refractivity contribution < 1.29 is 9.31 Å². The zero-order valence-corrected chi connectivity index (χ0v) is 22.8. The Morgan fingerprint density at radius 3 is 2.52 bits per heavy atom. The molecule has 2 aliphatic rings. The number of nitro benzene ring substituents is 1. The molecular formula is C31H21ClFN7O2. The summed E-state index contributed by atoms with van der Waals surface area (Å²) in [5.74, 6) is 0.908. The van der Waals surface area contributed by atoms with Gasteiger partial charge in [0, 0.05) is 23.4 Å². The molecule has 206 valence electrons. The summed E-state index contributed by atoms with van der Waals surface area (Å²) in [4.78, 5) is 23.4. The summed E-state index contributed by atoms with van der Waals surface area (Å²) in [6.45, 7) is 1.91. The molecule has 7 rings (SSSR count). The van der Waals surface area contributed by atoms with Crippen molar-refractivity contribution in [2.75, 3.05) is 10.2 Å². The Morgan fingerprint density at radius 2 is 1.74 bits per heavy atom. The van der Waals surface area contributed by atoms with Crippen LogP contribution in [0, 0.1) is 22.9 Å². The normalized spacial score (nSPS) is 15.2. The molecule has 0 radical (unpaired) electrons. The lowest BCUT2D eigenvalue weighted by molar-refractivity contribution is -0.384. The minimum atomic E-state index is -0.535. The zero-order valence-electron chi connectivity index (χ0n) is 22.1.